The number of carbonyl (C=O) groups excluding carboxylic acids is 1. The third kappa shape index (κ3) is 4.74. The van der Waals surface area contributed by atoms with Crippen molar-refractivity contribution in [2.75, 3.05) is 26.8 Å². The third-order valence-electron chi connectivity index (χ3n) is 6.10. The number of unbranched alkanes of at least 4 members (excludes halogenated alkanes) is 1. The zero-order valence-electron chi connectivity index (χ0n) is 18.4. The summed E-state index contributed by atoms with van der Waals surface area (Å²) in [5.41, 5.74) is 1.52. The molecule has 6 nitrogen and oxygen atoms in total. The number of rotatable bonds is 8. The van der Waals surface area contributed by atoms with Crippen LogP contribution in [0.4, 0.5) is 0 Å². The lowest BCUT2D eigenvalue weighted by Crippen LogP contribution is -2.48. The topological polar surface area (TPSA) is 63.2 Å². The highest BCUT2D eigenvalue weighted by Crippen LogP contribution is 2.33. The molecule has 31 heavy (non-hydrogen) atoms. The van der Waals surface area contributed by atoms with E-state index in [4.69, 9.17) is 14.5 Å². The molecule has 4 rings (SSSR count). The standard InChI is InChI=1S/C25H31N3O3/c1-3-4-16-31-22-17-19(10-11-21(22)30-2)18-28-14-12-25(13-15-28)24(29)26-23(27-25)20-8-6-5-7-9-20/h5-11,17H,3-4,12-16,18H2,1-2H3,(H,26,27,29). The molecule has 1 saturated heterocycles. The van der Waals surface area contributed by atoms with Crippen molar-refractivity contribution in [1.82, 2.24) is 10.2 Å². The van der Waals surface area contributed by atoms with Gasteiger partial charge in [0.2, 0.25) is 0 Å². The predicted molar refractivity (Wildman–Crippen MR) is 122 cm³/mol. The van der Waals surface area contributed by atoms with Crippen molar-refractivity contribution >= 4 is 11.7 Å². The molecule has 0 saturated carbocycles. The summed E-state index contributed by atoms with van der Waals surface area (Å²) in [4.78, 5) is 20.0. The minimum atomic E-state index is -0.629. The number of benzene rings is 2. The molecule has 0 aromatic heterocycles. The SMILES string of the molecule is CCCCOc1cc(CN2CCC3(CC2)N=C(c2ccccc2)NC3=O)ccc1OC. The van der Waals surface area contributed by atoms with E-state index in [1.54, 1.807) is 7.11 Å². The van der Waals surface area contributed by atoms with Crippen molar-refractivity contribution in [3.8, 4) is 11.5 Å². The van der Waals surface area contributed by atoms with E-state index < -0.39 is 5.54 Å². The van der Waals surface area contributed by atoms with Crippen molar-refractivity contribution in [2.45, 2.75) is 44.7 Å². The third-order valence-corrected chi connectivity index (χ3v) is 6.10. The number of carbonyl (C=O) groups is 1. The number of amides is 1. The summed E-state index contributed by atoms with van der Waals surface area (Å²) in [7, 11) is 1.67. The molecular weight excluding hydrogens is 390 g/mol. The first kappa shape index (κ1) is 21.4. The summed E-state index contributed by atoms with van der Waals surface area (Å²) in [5, 5.41) is 3.00. The average molecular weight is 422 g/mol. The highest BCUT2D eigenvalue weighted by Gasteiger charge is 2.45. The second-order valence-electron chi connectivity index (χ2n) is 8.28. The summed E-state index contributed by atoms with van der Waals surface area (Å²) in [6.07, 6.45) is 3.57. The van der Waals surface area contributed by atoms with Crippen molar-refractivity contribution in [2.24, 2.45) is 4.99 Å². The molecule has 1 N–H and O–H groups in total. The van der Waals surface area contributed by atoms with Crippen molar-refractivity contribution in [3.63, 3.8) is 0 Å². The molecular formula is C25H31N3O3. The lowest BCUT2D eigenvalue weighted by Gasteiger charge is -2.35. The van der Waals surface area contributed by atoms with Crippen LogP contribution in [0.1, 0.15) is 43.7 Å². The minimum Gasteiger partial charge on any atom is -0.493 e. The molecule has 2 aliphatic rings. The van der Waals surface area contributed by atoms with Crippen LogP contribution in [0.5, 0.6) is 11.5 Å². The van der Waals surface area contributed by atoms with Crippen LogP contribution in [-0.4, -0.2) is 49.0 Å². The number of piperidine rings is 1. The van der Waals surface area contributed by atoms with Gasteiger partial charge in [0.15, 0.2) is 11.5 Å². The van der Waals surface area contributed by atoms with Crippen LogP contribution in [0, 0.1) is 0 Å². The zero-order valence-corrected chi connectivity index (χ0v) is 18.4. The van der Waals surface area contributed by atoms with Gasteiger partial charge < -0.3 is 14.8 Å². The summed E-state index contributed by atoms with van der Waals surface area (Å²) in [5.74, 6) is 2.29. The molecule has 0 unspecified atom stereocenters. The number of ether oxygens (including phenoxy) is 2. The number of nitrogens with zero attached hydrogens (tertiary/aromatic N) is 2. The first-order valence-electron chi connectivity index (χ1n) is 11.1. The van der Waals surface area contributed by atoms with E-state index in [1.165, 1.54) is 5.56 Å². The Balaban J connectivity index is 1.40. The molecule has 1 amide bonds. The van der Waals surface area contributed by atoms with Gasteiger partial charge in [0, 0.05) is 25.2 Å². The summed E-state index contributed by atoms with van der Waals surface area (Å²) in [6.45, 7) is 5.33. The first-order valence-corrected chi connectivity index (χ1v) is 11.1. The van der Waals surface area contributed by atoms with Crippen molar-refractivity contribution in [1.29, 1.82) is 0 Å². The lowest BCUT2D eigenvalue weighted by molar-refractivity contribution is -0.125. The maximum absolute atomic E-state index is 12.8. The molecule has 6 heteroatoms. The maximum Gasteiger partial charge on any atom is 0.253 e. The van der Waals surface area contributed by atoms with Gasteiger partial charge in [-0.1, -0.05) is 49.7 Å². The van der Waals surface area contributed by atoms with E-state index in [9.17, 15) is 4.79 Å². The monoisotopic (exact) mass is 421 g/mol. The number of hydrogen-bond acceptors (Lipinski definition) is 5. The van der Waals surface area contributed by atoms with Crippen LogP contribution in [0.3, 0.4) is 0 Å². The Morgan fingerprint density at radius 3 is 2.58 bits per heavy atom. The van der Waals surface area contributed by atoms with Gasteiger partial charge in [0.1, 0.15) is 11.4 Å². The van der Waals surface area contributed by atoms with Gasteiger partial charge >= 0.3 is 0 Å². The van der Waals surface area contributed by atoms with Crippen LogP contribution in [0.15, 0.2) is 53.5 Å². The van der Waals surface area contributed by atoms with Crippen molar-refractivity contribution in [3.05, 3.63) is 59.7 Å². The van der Waals surface area contributed by atoms with Crippen LogP contribution in [0.25, 0.3) is 0 Å². The summed E-state index contributed by atoms with van der Waals surface area (Å²) < 4.78 is 11.4. The molecule has 2 aliphatic heterocycles. The number of likely N-dealkylation sites (tertiary alicyclic amines) is 1. The Bertz CT molecular complexity index is 934. The maximum atomic E-state index is 12.8. The van der Waals surface area contributed by atoms with Gasteiger partial charge in [-0.25, -0.2) is 0 Å². The van der Waals surface area contributed by atoms with Crippen molar-refractivity contribution < 1.29 is 14.3 Å². The second kappa shape index (κ2) is 9.52. The molecule has 0 atom stereocenters. The van der Waals surface area contributed by atoms with Crippen LogP contribution in [-0.2, 0) is 11.3 Å². The molecule has 2 aromatic carbocycles. The second-order valence-corrected chi connectivity index (χ2v) is 8.28. The van der Waals surface area contributed by atoms with Gasteiger partial charge in [-0.3, -0.25) is 14.7 Å². The molecule has 2 heterocycles. The van der Waals surface area contributed by atoms with E-state index >= 15 is 0 Å². The summed E-state index contributed by atoms with van der Waals surface area (Å²) in [6, 6.07) is 16.0. The quantitative estimate of drug-likeness (QED) is 0.659. The summed E-state index contributed by atoms with van der Waals surface area (Å²) >= 11 is 0. The molecule has 164 valence electrons. The number of methoxy groups -OCH3 is 1. The van der Waals surface area contributed by atoms with E-state index in [1.807, 2.05) is 36.4 Å². The van der Waals surface area contributed by atoms with Gasteiger partial charge in [0.05, 0.1) is 13.7 Å². The normalized spacial score (nSPS) is 18.0. The first-order chi connectivity index (χ1) is 15.1. The molecule has 2 aromatic rings. The van der Waals surface area contributed by atoms with Crippen LogP contribution < -0.4 is 14.8 Å². The van der Waals surface area contributed by atoms with E-state index in [0.29, 0.717) is 12.4 Å². The van der Waals surface area contributed by atoms with Gasteiger partial charge in [-0.05, 0) is 37.0 Å². The molecule has 0 bridgehead atoms. The number of nitrogens with one attached hydrogen (secondary N) is 1. The van der Waals surface area contributed by atoms with Crippen LogP contribution >= 0.6 is 0 Å². The minimum absolute atomic E-state index is 0.0297. The van der Waals surface area contributed by atoms with E-state index in [-0.39, 0.29) is 5.91 Å². The Hall–Kier alpha value is -2.86. The zero-order chi connectivity index (χ0) is 21.7. The lowest BCUT2D eigenvalue weighted by atomic mass is 9.88. The molecule has 1 fully saturated rings. The Labute approximate surface area is 184 Å². The molecule has 0 aliphatic carbocycles. The largest absolute Gasteiger partial charge is 0.493 e. The van der Waals surface area contributed by atoms with Gasteiger partial charge in [0.25, 0.3) is 5.91 Å². The smallest absolute Gasteiger partial charge is 0.253 e. The van der Waals surface area contributed by atoms with Gasteiger partial charge in [-0.2, -0.15) is 0 Å². The fraction of sp³-hybridized carbons (Fsp3) is 0.440. The molecule has 0 radical (unpaired) electrons. The number of hydrogen-bond donors (Lipinski definition) is 1. The highest BCUT2D eigenvalue weighted by molar-refractivity contribution is 6.15. The fourth-order valence-corrected chi connectivity index (χ4v) is 4.19. The highest BCUT2D eigenvalue weighted by atomic mass is 16.5. The van der Waals surface area contributed by atoms with Crippen LogP contribution in [0.2, 0.25) is 0 Å². The van der Waals surface area contributed by atoms with Gasteiger partial charge in [-0.15, -0.1) is 0 Å². The van der Waals surface area contributed by atoms with E-state index in [2.05, 4.69) is 29.3 Å². The predicted octanol–water partition coefficient (Wildman–Crippen LogP) is 3.79. The molecule has 1 spiro atoms. The Morgan fingerprint density at radius 2 is 1.87 bits per heavy atom. The average Bonchev–Trinajstić information content (AvgIpc) is 3.12. The fourth-order valence-electron chi connectivity index (χ4n) is 4.19. The Morgan fingerprint density at radius 1 is 1.10 bits per heavy atom. The number of aliphatic imine (C=N–C) groups is 1. The Kier molecular flexibility index (Phi) is 6.56. The van der Waals surface area contributed by atoms with E-state index in [0.717, 1.165) is 62.4 Å². The number of amidine groups is 1.